The van der Waals surface area contributed by atoms with Gasteiger partial charge in [0.25, 0.3) is 0 Å². The summed E-state index contributed by atoms with van der Waals surface area (Å²) in [7, 11) is -1.76. The summed E-state index contributed by atoms with van der Waals surface area (Å²) < 4.78 is 37.3. The molecule has 2 aromatic carbocycles. The van der Waals surface area contributed by atoms with E-state index in [2.05, 4.69) is 4.98 Å². The number of esters is 2. The predicted molar refractivity (Wildman–Crippen MR) is 127 cm³/mol. The summed E-state index contributed by atoms with van der Waals surface area (Å²) in [6.07, 6.45) is 0. The summed E-state index contributed by atoms with van der Waals surface area (Å²) in [4.78, 5) is 29.0. The number of pyridine rings is 1. The molecule has 34 heavy (non-hydrogen) atoms. The number of sulfonamides is 1. The smallest absolute Gasteiger partial charge is 0.339 e. The zero-order valence-corrected chi connectivity index (χ0v) is 20.4. The molecule has 1 heterocycles. The van der Waals surface area contributed by atoms with Crippen LogP contribution < -0.4 is 0 Å². The number of halogens is 1. The first-order chi connectivity index (χ1) is 16.1. The summed E-state index contributed by atoms with van der Waals surface area (Å²) in [6.45, 7) is 0.886. The molecule has 10 heteroatoms. The number of methoxy groups -OCH3 is 2. The predicted octanol–water partition coefficient (Wildman–Crippen LogP) is 3.86. The molecule has 8 nitrogen and oxygen atoms in total. The number of carbonyl (C=O) groups excluding carboxylic acids is 2. The number of aromatic nitrogens is 1. The number of aryl methyl sites for hydroxylation is 1. The van der Waals surface area contributed by atoms with Crippen LogP contribution >= 0.6 is 11.6 Å². The number of benzene rings is 2. The van der Waals surface area contributed by atoms with E-state index in [1.807, 2.05) is 6.92 Å². The summed E-state index contributed by atoms with van der Waals surface area (Å²) in [5.41, 5.74) is 2.20. The average molecular weight is 503 g/mol. The molecule has 0 fully saturated rings. The van der Waals surface area contributed by atoms with E-state index in [-0.39, 0.29) is 22.7 Å². The maximum absolute atomic E-state index is 13.4. The lowest BCUT2D eigenvalue weighted by molar-refractivity contribution is -0.140. The van der Waals surface area contributed by atoms with Crippen LogP contribution in [-0.2, 0) is 30.8 Å². The second-order valence-corrected chi connectivity index (χ2v) is 9.73. The van der Waals surface area contributed by atoms with Crippen LogP contribution in [-0.4, -0.2) is 50.4 Å². The highest BCUT2D eigenvalue weighted by Crippen LogP contribution is 2.25. The van der Waals surface area contributed by atoms with Crippen molar-refractivity contribution in [3.05, 3.63) is 82.5 Å². The van der Waals surface area contributed by atoms with Gasteiger partial charge in [0.1, 0.15) is 6.54 Å². The quantitative estimate of drug-likeness (QED) is 0.431. The number of rotatable bonds is 8. The van der Waals surface area contributed by atoms with Gasteiger partial charge in [-0.25, -0.2) is 13.2 Å². The summed E-state index contributed by atoms with van der Waals surface area (Å²) in [5.74, 6) is -1.45. The zero-order chi connectivity index (χ0) is 24.9. The van der Waals surface area contributed by atoms with Gasteiger partial charge < -0.3 is 9.47 Å². The Morgan fingerprint density at radius 2 is 1.71 bits per heavy atom. The number of ether oxygens (including phenoxy) is 2. The number of hydrogen-bond donors (Lipinski definition) is 0. The standard InChI is InChI=1S/C24H23ClN2O6S/c1-16-7-9-19(10-8-16)34(30,31)27(15-23(28)32-2)14-22-20(24(29)33-3)11-12-21(26-22)17-5-4-6-18(25)13-17/h4-13H,14-15H2,1-3H3. The monoisotopic (exact) mass is 502 g/mol. The molecule has 0 N–H and O–H groups in total. The van der Waals surface area contributed by atoms with E-state index < -0.39 is 28.5 Å². The van der Waals surface area contributed by atoms with Crippen LogP contribution in [0.4, 0.5) is 0 Å². The third-order valence-electron chi connectivity index (χ3n) is 5.02. The average Bonchev–Trinajstić information content (AvgIpc) is 2.83. The fraction of sp³-hybridized carbons (Fsp3) is 0.208. The van der Waals surface area contributed by atoms with Crippen LogP contribution in [0.2, 0.25) is 5.02 Å². The molecule has 0 aliphatic carbocycles. The molecular formula is C24H23ClN2O6S. The van der Waals surface area contributed by atoms with E-state index in [1.165, 1.54) is 25.3 Å². The molecule has 0 aliphatic rings. The minimum Gasteiger partial charge on any atom is -0.468 e. The Kier molecular flexibility index (Phi) is 8.03. The number of nitrogens with zero attached hydrogens (tertiary/aromatic N) is 2. The Morgan fingerprint density at radius 1 is 1.00 bits per heavy atom. The minimum absolute atomic E-state index is 0.00684. The third-order valence-corrected chi connectivity index (χ3v) is 7.06. The van der Waals surface area contributed by atoms with Gasteiger partial charge in [-0.3, -0.25) is 9.78 Å². The highest BCUT2D eigenvalue weighted by molar-refractivity contribution is 7.89. The van der Waals surface area contributed by atoms with Crippen molar-refractivity contribution < 1.29 is 27.5 Å². The van der Waals surface area contributed by atoms with Crippen molar-refractivity contribution in [3.63, 3.8) is 0 Å². The van der Waals surface area contributed by atoms with Gasteiger partial charge in [-0.05, 0) is 43.3 Å². The first-order valence-corrected chi connectivity index (χ1v) is 12.0. The summed E-state index contributed by atoms with van der Waals surface area (Å²) in [6, 6.07) is 16.3. The molecule has 0 spiro atoms. The Morgan fingerprint density at radius 3 is 2.32 bits per heavy atom. The molecule has 178 valence electrons. The lowest BCUT2D eigenvalue weighted by atomic mass is 10.1. The Bertz CT molecular complexity index is 1310. The molecule has 3 aromatic rings. The first-order valence-electron chi connectivity index (χ1n) is 10.1. The van der Waals surface area contributed by atoms with Crippen molar-refractivity contribution >= 4 is 33.6 Å². The van der Waals surface area contributed by atoms with E-state index in [1.54, 1.807) is 42.5 Å². The van der Waals surface area contributed by atoms with Gasteiger partial charge in [-0.15, -0.1) is 0 Å². The highest BCUT2D eigenvalue weighted by Gasteiger charge is 2.29. The molecule has 0 unspecified atom stereocenters. The first kappa shape index (κ1) is 25.4. The maximum atomic E-state index is 13.4. The van der Waals surface area contributed by atoms with E-state index in [4.69, 9.17) is 21.1 Å². The fourth-order valence-corrected chi connectivity index (χ4v) is 4.72. The van der Waals surface area contributed by atoms with Crippen molar-refractivity contribution in [2.75, 3.05) is 20.8 Å². The van der Waals surface area contributed by atoms with Crippen LogP contribution in [0.1, 0.15) is 21.6 Å². The lowest BCUT2D eigenvalue weighted by Gasteiger charge is -2.22. The summed E-state index contributed by atoms with van der Waals surface area (Å²) >= 11 is 6.09. The molecule has 0 amide bonds. The zero-order valence-electron chi connectivity index (χ0n) is 18.8. The number of carbonyl (C=O) groups is 2. The van der Waals surface area contributed by atoms with E-state index in [0.29, 0.717) is 16.3 Å². The molecule has 0 bridgehead atoms. The maximum Gasteiger partial charge on any atom is 0.339 e. The molecule has 0 atom stereocenters. The topological polar surface area (TPSA) is 103 Å². The second-order valence-electron chi connectivity index (χ2n) is 7.35. The Hall–Kier alpha value is -3.27. The molecule has 0 aliphatic heterocycles. The van der Waals surface area contributed by atoms with Crippen molar-refractivity contribution in [2.45, 2.75) is 18.4 Å². The van der Waals surface area contributed by atoms with E-state index in [0.717, 1.165) is 17.0 Å². The van der Waals surface area contributed by atoms with Gasteiger partial charge in [-0.1, -0.05) is 41.4 Å². The molecule has 3 rings (SSSR count). The molecular weight excluding hydrogens is 480 g/mol. The van der Waals surface area contributed by atoms with Gasteiger partial charge in [-0.2, -0.15) is 4.31 Å². The van der Waals surface area contributed by atoms with Crippen molar-refractivity contribution in [1.29, 1.82) is 0 Å². The molecule has 0 radical (unpaired) electrons. The van der Waals surface area contributed by atoms with Gasteiger partial charge in [0, 0.05) is 10.6 Å². The minimum atomic E-state index is -4.14. The lowest BCUT2D eigenvalue weighted by Crippen LogP contribution is -2.36. The fourth-order valence-electron chi connectivity index (χ4n) is 3.19. The molecule has 1 aromatic heterocycles. The highest BCUT2D eigenvalue weighted by atomic mass is 35.5. The van der Waals surface area contributed by atoms with Crippen LogP contribution in [0.5, 0.6) is 0 Å². The van der Waals surface area contributed by atoms with Crippen LogP contribution in [0.15, 0.2) is 65.6 Å². The van der Waals surface area contributed by atoms with Crippen LogP contribution in [0.3, 0.4) is 0 Å². The Labute approximate surface area is 203 Å². The van der Waals surface area contributed by atoms with Crippen molar-refractivity contribution in [1.82, 2.24) is 9.29 Å². The summed E-state index contributed by atoms with van der Waals surface area (Å²) in [5, 5.41) is 0.493. The Balaban J connectivity index is 2.11. The third kappa shape index (κ3) is 5.80. The van der Waals surface area contributed by atoms with Gasteiger partial charge in [0.05, 0.1) is 42.6 Å². The molecule has 0 saturated heterocycles. The SMILES string of the molecule is COC(=O)CN(Cc1nc(-c2cccc(Cl)c2)ccc1C(=O)OC)S(=O)(=O)c1ccc(C)cc1. The van der Waals surface area contributed by atoms with E-state index in [9.17, 15) is 18.0 Å². The number of hydrogen-bond acceptors (Lipinski definition) is 7. The van der Waals surface area contributed by atoms with Gasteiger partial charge >= 0.3 is 11.9 Å². The second kappa shape index (κ2) is 10.8. The van der Waals surface area contributed by atoms with E-state index >= 15 is 0 Å². The molecule has 0 saturated carbocycles. The van der Waals surface area contributed by atoms with Crippen LogP contribution in [0.25, 0.3) is 11.3 Å². The van der Waals surface area contributed by atoms with Gasteiger partial charge in [0.15, 0.2) is 0 Å². The van der Waals surface area contributed by atoms with Crippen molar-refractivity contribution in [3.8, 4) is 11.3 Å². The van der Waals surface area contributed by atoms with Crippen LogP contribution in [0, 0.1) is 6.92 Å². The normalized spacial score (nSPS) is 11.3. The largest absolute Gasteiger partial charge is 0.468 e. The van der Waals surface area contributed by atoms with Crippen molar-refractivity contribution in [2.24, 2.45) is 0 Å². The van der Waals surface area contributed by atoms with Gasteiger partial charge in [0.2, 0.25) is 10.0 Å².